The van der Waals surface area contributed by atoms with E-state index in [0.717, 1.165) is 0 Å². The Bertz CT molecular complexity index is 601. The molecule has 0 aliphatic rings. The molecule has 0 unspecified atom stereocenters. The predicted octanol–water partition coefficient (Wildman–Crippen LogP) is -6.05. The van der Waals surface area contributed by atoms with E-state index in [1.807, 2.05) is 0 Å². The van der Waals surface area contributed by atoms with E-state index in [2.05, 4.69) is 0 Å². The topological polar surface area (TPSA) is 63.6 Å². The first-order valence-electron chi connectivity index (χ1n) is 5.28. The van der Waals surface area contributed by atoms with Crippen molar-refractivity contribution in [3.8, 4) is 5.75 Å². The molecule has 7 heteroatoms. The van der Waals surface area contributed by atoms with Crippen LogP contribution in [0.4, 0.5) is 0 Å². The number of carboxylic acids is 1. The summed E-state index contributed by atoms with van der Waals surface area (Å²) in [5.41, 5.74) is -0.0349. The smallest absolute Gasteiger partial charge is 1.00 e. The number of hydrogen-bond acceptors (Lipinski definition) is 3. The van der Waals surface area contributed by atoms with Gasteiger partial charge in [0.25, 0.3) is 0 Å². The maximum Gasteiger partial charge on any atom is 1.00 e. The zero-order chi connectivity index (χ0) is 13.0. The van der Waals surface area contributed by atoms with Crippen LogP contribution >= 0.6 is 0 Å². The minimum Gasteiger partial charge on any atom is -1.00 e. The van der Waals surface area contributed by atoms with Crippen LogP contribution in [0.2, 0.25) is 0 Å². The third-order valence-electron chi connectivity index (χ3n) is 2.33. The van der Waals surface area contributed by atoms with Crippen molar-refractivity contribution in [2.75, 3.05) is 0 Å². The number of rotatable bonds is 3. The number of carboxylic acid groups (broad SMARTS) is 1. The van der Waals surface area contributed by atoms with E-state index < -0.39 is 11.9 Å². The van der Waals surface area contributed by atoms with Crippen molar-refractivity contribution >= 4 is 11.9 Å². The Balaban J connectivity index is -0.000000201. The first-order chi connectivity index (χ1) is 8.68. The van der Waals surface area contributed by atoms with E-state index in [1.165, 1.54) is 12.1 Å². The van der Waals surface area contributed by atoms with Gasteiger partial charge in [-0.15, -0.1) is 0 Å². The van der Waals surface area contributed by atoms with Gasteiger partial charge in [-0.25, -0.2) is 9.59 Å². The minimum absolute atomic E-state index is 0. The van der Waals surface area contributed by atoms with Crippen molar-refractivity contribution in [3.63, 3.8) is 0 Å². The average Bonchev–Trinajstić information content (AvgIpc) is 2.40. The third kappa shape index (κ3) is 8.28. The van der Waals surface area contributed by atoms with Gasteiger partial charge in [0.05, 0.1) is 11.1 Å². The average molecular weight is 363 g/mol. The van der Waals surface area contributed by atoms with Gasteiger partial charge in [0, 0.05) is 0 Å². The van der Waals surface area contributed by atoms with Gasteiger partial charge in [-0.05, 0) is 24.3 Å². The summed E-state index contributed by atoms with van der Waals surface area (Å²) in [5, 5.41) is 8.97. The van der Waals surface area contributed by atoms with Crippen LogP contribution in [0, 0.1) is 0 Å². The number of esters is 1. The molecule has 0 saturated carbocycles. The Kier molecular flexibility index (Phi) is 16.5. The van der Waals surface area contributed by atoms with Crippen molar-refractivity contribution in [3.05, 3.63) is 65.7 Å². The van der Waals surface area contributed by atoms with Gasteiger partial charge in [-0.1, -0.05) is 30.3 Å². The number of benzene rings is 2. The largest absolute Gasteiger partial charge is 1.00 e. The molecule has 2 aromatic carbocycles. The summed E-state index contributed by atoms with van der Waals surface area (Å²) >= 11 is 0. The fourth-order valence-corrected chi connectivity index (χ4v) is 1.50. The number of carbonyl (C=O) groups excluding carboxylic acids is 1. The van der Waals surface area contributed by atoms with Crippen LogP contribution in [-0.4, -0.2) is 17.0 Å². The van der Waals surface area contributed by atoms with Gasteiger partial charge in [0.2, 0.25) is 0 Å². The molecule has 0 aromatic heterocycles. The van der Waals surface area contributed by atoms with E-state index >= 15 is 0 Å². The molecule has 0 radical (unpaired) electrons. The van der Waals surface area contributed by atoms with Crippen molar-refractivity contribution in [1.29, 1.82) is 0 Å². The van der Waals surface area contributed by atoms with E-state index in [4.69, 9.17) is 9.84 Å². The van der Waals surface area contributed by atoms with Gasteiger partial charge in [0.1, 0.15) is 5.75 Å². The molecular formula is C14H13K3O4. The molecule has 4 nitrogen and oxygen atoms in total. The molecule has 0 amide bonds. The molecule has 2 rings (SSSR count). The van der Waals surface area contributed by atoms with Crippen molar-refractivity contribution < 1.29 is 178 Å². The van der Waals surface area contributed by atoms with Crippen LogP contribution in [0.15, 0.2) is 54.6 Å². The molecular weight excluding hydrogens is 349 g/mol. The monoisotopic (exact) mass is 362 g/mol. The van der Waals surface area contributed by atoms with Crippen LogP contribution in [-0.2, 0) is 0 Å². The molecule has 0 spiro atoms. The Labute approximate surface area is 255 Å². The maximum absolute atomic E-state index is 11.9. The molecule has 0 aliphatic carbocycles. The van der Waals surface area contributed by atoms with Crippen LogP contribution in [0.3, 0.4) is 0 Å². The summed E-state index contributed by atoms with van der Waals surface area (Å²) in [4.78, 5) is 22.8. The van der Waals surface area contributed by atoms with Crippen LogP contribution in [0.1, 0.15) is 25.0 Å². The molecule has 0 atom stereocenters. The second-order valence-corrected chi connectivity index (χ2v) is 3.55. The van der Waals surface area contributed by atoms with Gasteiger partial charge >= 0.3 is 166 Å². The summed E-state index contributed by atoms with van der Waals surface area (Å²) in [7, 11) is 0. The molecule has 0 saturated heterocycles. The summed E-state index contributed by atoms with van der Waals surface area (Å²) in [6.45, 7) is 0. The maximum atomic E-state index is 11.9. The molecule has 1 N–H and O–H groups in total. The molecule has 96 valence electrons. The summed E-state index contributed by atoms with van der Waals surface area (Å²) < 4.78 is 5.09. The summed E-state index contributed by atoms with van der Waals surface area (Å²) in [5.74, 6) is -1.46. The Morgan fingerprint density at radius 1 is 0.810 bits per heavy atom. The quantitative estimate of drug-likeness (QED) is 0.335. The van der Waals surface area contributed by atoms with E-state index in [1.54, 1.807) is 42.5 Å². The van der Waals surface area contributed by atoms with E-state index in [-0.39, 0.29) is 170 Å². The first-order valence-corrected chi connectivity index (χ1v) is 5.28. The zero-order valence-corrected chi connectivity index (χ0v) is 21.7. The van der Waals surface area contributed by atoms with Crippen LogP contribution < -0.4 is 159 Å². The van der Waals surface area contributed by atoms with Crippen molar-refractivity contribution in [2.24, 2.45) is 0 Å². The normalized spacial score (nSPS) is 8.38. The zero-order valence-electron chi connectivity index (χ0n) is 15.4. The van der Waals surface area contributed by atoms with Gasteiger partial charge in [-0.2, -0.15) is 0 Å². The number of ether oxygens (including phenoxy) is 1. The summed E-state index contributed by atoms with van der Waals surface area (Å²) in [6, 6.07) is 14.4. The number of carbonyl (C=O) groups is 2. The molecule has 21 heavy (non-hydrogen) atoms. The van der Waals surface area contributed by atoms with Gasteiger partial charge in [0.15, 0.2) is 0 Å². The first kappa shape index (κ1) is 25.5. The standard InChI is InChI=1S/C14H10O4.3K.3H/c15-13(16)11-8-4-5-9-12(11)14(17)18-10-6-2-1-3-7-10;;;;;;/h1-9H,(H,15,16);;;;;;/q;3*+1;3*-1. The van der Waals surface area contributed by atoms with Crippen LogP contribution in [0.25, 0.3) is 0 Å². The Hall–Kier alpha value is 2.29. The van der Waals surface area contributed by atoms with Gasteiger partial charge in [-0.3, -0.25) is 0 Å². The molecule has 2 aromatic rings. The number of hydrogen-bond donors (Lipinski definition) is 1. The summed E-state index contributed by atoms with van der Waals surface area (Å²) in [6.07, 6.45) is 0. The molecule has 0 fully saturated rings. The van der Waals surface area contributed by atoms with Crippen molar-refractivity contribution in [2.45, 2.75) is 0 Å². The molecule has 0 heterocycles. The Morgan fingerprint density at radius 2 is 1.29 bits per heavy atom. The second kappa shape index (κ2) is 13.6. The van der Waals surface area contributed by atoms with E-state index in [0.29, 0.717) is 5.75 Å². The molecule has 0 bridgehead atoms. The molecule has 0 aliphatic heterocycles. The number of aromatic carboxylic acids is 1. The van der Waals surface area contributed by atoms with Crippen molar-refractivity contribution in [1.82, 2.24) is 0 Å². The number of para-hydroxylation sites is 1. The minimum atomic E-state index is -1.16. The Morgan fingerprint density at radius 3 is 1.81 bits per heavy atom. The third-order valence-corrected chi connectivity index (χ3v) is 2.33. The SMILES string of the molecule is O=C(O)c1ccccc1C(=O)Oc1ccccc1.[H-].[H-].[H-].[K+].[K+].[K+]. The fourth-order valence-electron chi connectivity index (χ4n) is 1.50. The van der Waals surface area contributed by atoms with Crippen LogP contribution in [0.5, 0.6) is 5.75 Å². The predicted molar refractivity (Wildman–Crippen MR) is 68.1 cm³/mol. The second-order valence-electron chi connectivity index (χ2n) is 3.55. The van der Waals surface area contributed by atoms with Gasteiger partial charge < -0.3 is 14.1 Å². The fraction of sp³-hybridized carbons (Fsp3) is 0. The van der Waals surface area contributed by atoms with E-state index in [9.17, 15) is 9.59 Å².